The van der Waals surface area contributed by atoms with E-state index in [4.69, 9.17) is 16.3 Å². The van der Waals surface area contributed by atoms with Crippen LogP contribution in [0.2, 0.25) is 5.02 Å². The molecule has 1 amide bonds. The first-order valence-corrected chi connectivity index (χ1v) is 12.1. The van der Waals surface area contributed by atoms with Crippen molar-refractivity contribution in [2.75, 3.05) is 18.2 Å². The lowest BCUT2D eigenvalue weighted by Crippen LogP contribution is -2.15. The quantitative estimate of drug-likeness (QED) is 0.273. The van der Waals surface area contributed by atoms with E-state index in [2.05, 4.69) is 31.4 Å². The Morgan fingerprint density at radius 2 is 1.82 bits per heavy atom. The van der Waals surface area contributed by atoms with Gasteiger partial charge < -0.3 is 10.1 Å². The Morgan fingerprint density at radius 1 is 1.09 bits per heavy atom. The SMILES string of the molecule is COc1ccc(-n2c(SCC(=O)Nc3ccc(C)cc3Br)nnc2-c2ccc(Cl)cc2)cc1. The van der Waals surface area contributed by atoms with Gasteiger partial charge in [0.2, 0.25) is 5.91 Å². The Hall–Kier alpha value is -2.81. The molecule has 0 unspecified atom stereocenters. The molecule has 4 aromatic rings. The third-order valence-corrected chi connectivity index (χ3v) is 6.63. The number of hydrogen-bond donors (Lipinski definition) is 1. The number of amides is 1. The molecule has 0 spiro atoms. The number of methoxy groups -OCH3 is 1. The van der Waals surface area contributed by atoms with Crippen molar-refractivity contribution in [2.24, 2.45) is 0 Å². The van der Waals surface area contributed by atoms with Gasteiger partial charge in [0.05, 0.1) is 18.6 Å². The van der Waals surface area contributed by atoms with Gasteiger partial charge in [-0.05, 0) is 89.1 Å². The highest BCUT2D eigenvalue weighted by molar-refractivity contribution is 9.10. The highest BCUT2D eigenvalue weighted by Gasteiger charge is 2.18. The van der Waals surface area contributed by atoms with E-state index in [1.807, 2.05) is 78.2 Å². The predicted octanol–water partition coefficient (Wildman–Crippen LogP) is 6.40. The van der Waals surface area contributed by atoms with Gasteiger partial charge in [-0.3, -0.25) is 9.36 Å². The molecular formula is C24H20BrClN4O2S. The highest BCUT2D eigenvalue weighted by atomic mass is 79.9. The highest BCUT2D eigenvalue weighted by Crippen LogP contribution is 2.30. The zero-order valence-corrected chi connectivity index (χ0v) is 21.0. The lowest BCUT2D eigenvalue weighted by Gasteiger charge is -2.12. The van der Waals surface area contributed by atoms with Crippen LogP contribution in [0, 0.1) is 6.92 Å². The number of nitrogens with one attached hydrogen (secondary N) is 1. The number of benzene rings is 3. The molecule has 0 fully saturated rings. The van der Waals surface area contributed by atoms with E-state index in [0.717, 1.165) is 32.7 Å². The van der Waals surface area contributed by atoms with Crippen LogP contribution in [0.3, 0.4) is 0 Å². The molecule has 168 valence electrons. The number of anilines is 1. The predicted molar refractivity (Wildman–Crippen MR) is 137 cm³/mol. The van der Waals surface area contributed by atoms with Crippen molar-refractivity contribution in [2.45, 2.75) is 12.1 Å². The van der Waals surface area contributed by atoms with Crippen LogP contribution in [-0.2, 0) is 4.79 Å². The number of aryl methyl sites for hydroxylation is 1. The second-order valence-corrected chi connectivity index (χ2v) is 9.40. The van der Waals surface area contributed by atoms with Crippen molar-refractivity contribution < 1.29 is 9.53 Å². The van der Waals surface area contributed by atoms with E-state index in [1.54, 1.807) is 7.11 Å². The first-order chi connectivity index (χ1) is 15.9. The summed E-state index contributed by atoms with van der Waals surface area (Å²) in [5.74, 6) is 1.44. The van der Waals surface area contributed by atoms with Gasteiger partial charge in [-0.1, -0.05) is 29.4 Å². The summed E-state index contributed by atoms with van der Waals surface area (Å²) in [6.45, 7) is 2.00. The fourth-order valence-corrected chi connectivity index (χ4v) is 4.62. The molecule has 0 bridgehead atoms. The average Bonchev–Trinajstić information content (AvgIpc) is 3.24. The van der Waals surface area contributed by atoms with Gasteiger partial charge in [0.25, 0.3) is 0 Å². The van der Waals surface area contributed by atoms with Crippen LogP contribution in [0.25, 0.3) is 17.1 Å². The van der Waals surface area contributed by atoms with E-state index in [0.29, 0.717) is 16.0 Å². The van der Waals surface area contributed by atoms with Crippen LogP contribution in [0.5, 0.6) is 5.75 Å². The van der Waals surface area contributed by atoms with Crippen LogP contribution < -0.4 is 10.1 Å². The van der Waals surface area contributed by atoms with Gasteiger partial charge in [0.1, 0.15) is 5.75 Å². The normalized spacial score (nSPS) is 10.8. The Labute approximate surface area is 209 Å². The fraction of sp³-hybridized carbons (Fsp3) is 0.125. The van der Waals surface area contributed by atoms with Gasteiger partial charge in [-0.2, -0.15) is 0 Å². The number of hydrogen-bond acceptors (Lipinski definition) is 5. The molecular weight excluding hydrogens is 524 g/mol. The molecule has 9 heteroatoms. The summed E-state index contributed by atoms with van der Waals surface area (Å²) in [6, 6.07) is 20.8. The van der Waals surface area contributed by atoms with Crippen LogP contribution in [-0.4, -0.2) is 33.5 Å². The van der Waals surface area contributed by atoms with E-state index < -0.39 is 0 Å². The molecule has 0 atom stereocenters. The van der Waals surface area contributed by atoms with Crippen LogP contribution in [0.4, 0.5) is 5.69 Å². The third kappa shape index (κ3) is 5.58. The maximum atomic E-state index is 12.6. The monoisotopic (exact) mass is 542 g/mol. The van der Waals surface area contributed by atoms with Crippen molar-refractivity contribution in [1.82, 2.24) is 14.8 Å². The number of thioether (sulfide) groups is 1. The Morgan fingerprint density at radius 3 is 2.48 bits per heavy atom. The molecule has 0 saturated carbocycles. The summed E-state index contributed by atoms with van der Waals surface area (Å²) in [5.41, 5.74) is 3.55. The fourth-order valence-electron chi connectivity index (χ4n) is 3.15. The van der Waals surface area contributed by atoms with Gasteiger partial charge in [0, 0.05) is 20.7 Å². The number of carbonyl (C=O) groups is 1. The molecule has 0 saturated heterocycles. The minimum absolute atomic E-state index is 0.137. The van der Waals surface area contributed by atoms with Crippen molar-refractivity contribution >= 4 is 50.9 Å². The Kier molecular flexibility index (Phi) is 7.37. The number of ether oxygens (including phenoxy) is 1. The lowest BCUT2D eigenvalue weighted by molar-refractivity contribution is -0.113. The summed E-state index contributed by atoms with van der Waals surface area (Å²) in [4.78, 5) is 12.6. The minimum atomic E-state index is -0.137. The van der Waals surface area contributed by atoms with Gasteiger partial charge in [-0.15, -0.1) is 10.2 Å². The first-order valence-electron chi connectivity index (χ1n) is 9.99. The maximum Gasteiger partial charge on any atom is 0.234 e. The van der Waals surface area contributed by atoms with E-state index in [-0.39, 0.29) is 11.7 Å². The summed E-state index contributed by atoms with van der Waals surface area (Å²) in [5, 5.41) is 12.9. The molecule has 0 aliphatic carbocycles. The summed E-state index contributed by atoms with van der Waals surface area (Å²) in [6.07, 6.45) is 0. The molecule has 4 rings (SSSR count). The molecule has 0 radical (unpaired) electrons. The standard InChI is InChI=1S/C24H20BrClN4O2S/c1-15-3-12-21(20(25)13-15)27-22(31)14-33-24-29-28-23(16-4-6-17(26)7-5-16)30(24)18-8-10-19(32-2)11-9-18/h3-13H,14H2,1-2H3,(H,27,31). The summed E-state index contributed by atoms with van der Waals surface area (Å²) in [7, 11) is 1.62. The maximum absolute atomic E-state index is 12.6. The Balaban J connectivity index is 1.60. The van der Waals surface area contributed by atoms with Gasteiger partial charge in [-0.25, -0.2) is 0 Å². The van der Waals surface area contributed by atoms with Crippen molar-refractivity contribution in [1.29, 1.82) is 0 Å². The van der Waals surface area contributed by atoms with Crippen LogP contribution in [0.15, 0.2) is 76.4 Å². The summed E-state index contributed by atoms with van der Waals surface area (Å²) >= 11 is 10.9. The molecule has 0 aliphatic heterocycles. The number of halogens is 2. The average molecular weight is 544 g/mol. The van der Waals surface area contributed by atoms with Crippen LogP contribution in [0.1, 0.15) is 5.56 Å². The lowest BCUT2D eigenvalue weighted by atomic mass is 10.2. The minimum Gasteiger partial charge on any atom is -0.497 e. The van der Waals surface area contributed by atoms with E-state index in [1.165, 1.54) is 11.8 Å². The molecule has 3 aromatic carbocycles. The third-order valence-electron chi connectivity index (χ3n) is 4.80. The Bertz CT molecular complexity index is 1280. The first kappa shape index (κ1) is 23.4. The van der Waals surface area contributed by atoms with Gasteiger partial charge in [0.15, 0.2) is 11.0 Å². The molecule has 33 heavy (non-hydrogen) atoms. The van der Waals surface area contributed by atoms with E-state index in [9.17, 15) is 4.79 Å². The zero-order valence-electron chi connectivity index (χ0n) is 17.9. The topological polar surface area (TPSA) is 69.0 Å². The van der Waals surface area contributed by atoms with Crippen molar-refractivity contribution in [3.8, 4) is 22.8 Å². The smallest absolute Gasteiger partial charge is 0.234 e. The molecule has 1 aromatic heterocycles. The number of rotatable bonds is 7. The number of carbonyl (C=O) groups excluding carboxylic acids is 1. The second kappa shape index (κ2) is 10.4. The molecule has 6 nitrogen and oxygen atoms in total. The van der Waals surface area contributed by atoms with Crippen molar-refractivity contribution in [3.05, 3.63) is 81.8 Å². The van der Waals surface area contributed by atoms with Crippen molar-refractivity contribution in [3.63, 3.8) is 0 Å². The molecule has 0 aliphatic rings. The molecule has 1 heterocycles. The second-order valence-electron chi connectivity index (χ2n) is 7.17. The largest absolute Gasteiger partial charge is 0.497 e. The van der Waals surface area contributed by atoms with E-state index >= 15 is 0 Å². The van der Waals surface area contributed by atoms with Gasteiger partial charge >= 0.3 is 0 Å². The zero-order chi connectivity index (χ0) is 23.4. The van der Waals surface area contributed by atoms with Crippen LogP contribution >= 0.6 is 39.3 Å². The summed E-state index contributed by atoms with van der Waals surface area (Å²) < 4.78 is 8.04. The number of nitrogens with zero attached hydrogens (tertiary/aromatic N) is 3. The molecule has 1 N–H and O–H groups in total. The number of aromatic nitrogens is 3.